The number of hydrogen-bond donors (Lipinski definition) is 1. The fourth-order valence-corrected chi connectivity index (χ4v) is 3.90. The van der Waals surface area contributed by atoms with Gasteiger partial charge in [-0.25, -0.2) is 9.97 Å². The number of nitrogens with two attached hydrogens (primary N) is 1. The Labute approximate surface area is 124 Å². The Kier molecular flexibility index (Phi) is 4.17. The topological polar surface area (TPSA) is 55.0 Å². The maximum Gasteiger partial charge on any atom is 0.146 e. The summed E-state index contributed by atoms with van der Waals surface area (Å²) in [7, 11) is 0. The molecule has 0 bridgehead atoms. The zero-order chi connectivity index (χ0) is 13.9. The number of rotatable bonds is 4. The smallest absolute Gasteiger partial charge is 0.146 e. The van der Waals surface area contributed by atoms with E-state index in [-0.39, 0.29) is 0 Å². The van der Waals surface area contributed by atoms with E-state index in [0.717, 1.165) is 29.1 Å². The SMILES string of the molecule is CCCC1CCCCN1Cc1nc(N)c2ccsc2n1. The van der Waals surface area contributed by atoms with Crippen LogP contribution in [0.3, 0.4) is 0 Å². The minimum absolute atomic E-state index is 0.621. The maximum absolute atomic E-state index is 6.04. The fraction of sp³-hybridized carbons (Fsp3) is 0.600. The van der Waals surface area contributed by atoms with Gasteiger partial charge in [-0.3, -0.25) is 4.90 Å². The summed E-state index contributed by atoms with van der Waals surface area (Å²) in [5.41, 5.74) is 6.04. The number of anilines is 1. The molecule has 2 aromatic heterocycles. The summed E-state index contributed by atoms with van der Waals surface area (Å²) < 4.78 is 0. The Balaban J connectivity index is 1.80. The number of fused-ring (bicyclic) bond motifs is 1. The standard InChI is InChI=1S/C15H22N4S/c1-2-5-11-6-3-4-8-19(11)10-13-17-14(16)12-7-9-20-15(12)18-13/h7,9,11H,2-6,8,10H2,1H3,(H2,16,17,18). The summed E-state index contributed by atoms with van der Waals surface area (Å²) in [4.78, 5) is 12.7. The molecule has 3 heterocycles. The van der Waals surface area contributed by atoms with Crippen LogP contribution in [0.1, 0.15) is 44.9 Å². The molecule has 1 aliphatic heterocycles. The molecule has 0 spiro atoms. The molecule has 0 aromatic carbocycles. The van der Waals surface area contributed by atoms with Crippen molar-refractivity contribution in [1.29, 1.82) is 0 Å². The van der Waals surface area contributed by atoms with Crippen LogP contribution in [0.4, 0.5) is 5.82 Å². The third kappa shape index (κ3) is 2.79. The maximum atomic E-state index is 6.04. The van der Waals surface area contributed by atoms with Gasteiger partial charge in [0.25, 0.3) is 0 Å². The van der Waals surface area contributed by atoms with E-state index < -0.39 is 0 Å². The molecule has 0 aliphatic carbocycles. The van der Waals surface area contributed by atoms with E-state index >= 15 is 0 Å². The van der Waals surface area contributed by atoms with Crippen molar-refractivity contribution in [2.45, 2.75) is 51.6 Å². The van der Waals surface area contributed by atoms with Crippen molar-refractivity contribution in [2.75, 3.05) is 12.3 Å². The summed E-state index contributed by atoms with van der Waals surface area (Å²) in [6.45, 7) is 4.26. The zero-order valence-corrected chi connectivity index (χ0v) is 12.8. The van der Waals surface area contributed by atoms with Gasteiger partial charge in [0.2, 0.25) is 0 Å². The number of likely N-dealkylation sites (tertiary alicyclic amines) is 1. The highest BCUT2D eigenvalue weighted by Crippen LogP contribution is 2.25. The second kappa shape index (κ2) is 6.06. The molecular formula is C15H22N4S. The highest BCUT2D eigenvalue weighted by Gasteiger charge is 2.22. The van der Waals surface area contributed by atoms with E-state index in [9.17, 15) is 0 Å². The number of nitrogen functional groups attached to an aromatic ring is 1. The van der Waals surface area contributed by atoms with Gasteiger partial charge >= 0.3 is 0 Å². The molecular weight excluding hydrogens is 268 g/mol. The van der Waals surface area contributed by atoms with Crippen molar-refractivity contribution in [3.8, 4) is 0 Å². The lowest BCUT2D eigenvalue weighted by Gasteiger charge is -2.35. The van der Waals surface area contributed by atoms with Gasteiger partial charge in [-0.15, -0.1) is 11.3 Å². The van der Waals surface area contributed by atoms with E-state index in [0.29, 0.717) is 11.9 Å². The molecule has 108 valence electrons. The molecule has 20 heavy (non-hydrogen) atoms. The lowest BCUT2D eigenvalue weighted by molar-refractivity contribution is 0.128. The van der Waals surface area contributed by atoms with E-state index in [4.69, 9.17) is 5.73 Å². The van der Waals surface area contributed by atoms with Gasteiger partial charge in [-0.2, -0.15) is 0 Å². The molecule has 3 rings (SSSR count). The number of nitrogens with zero attached hydrogens (tertiary/aromatic N) is 3. The Morgan fingerprint density at radius 1 is 1.40 bits per heavy atom. The molecule has 2 N–H and O–H groups in total. The highest BCUT2D eigenvalue weighted by molar-refractivity contribution is 7.16. The van der Waals surface area contributed by atoms with Crippen molar-refractivity contribution in [3.63, 3.8) is 0 Å². The third-order valence-corrected chi connectivity index (χ3v) is 4.92. The lowest BCUT2D eigenvalue weighted by Crippen LogP contribution is -2.39. The predicted molar refractivity (Wildman–Crippen MR) is 84.8 cm³/mol. The molecule has 0 amide bonds. The number of piperidine rings is 1. The second-order valence-corrected chi connectivity index (χ2v) is 6.47. The molecule has 1 atom stereocenters. The third-order valence-electron chi connectivity index (χ3n) is 4.12. The monoisotopic (exact) mass is 290 g/mol. The minimum atomic E-state index is 0.621. The van der Waals surface area contributed by atoms with Crippen LogP contribution in [-0.2, 0) is 6.54 Å². The fourth-order valence-electron chi connectivity index (χ4n) is 3.10. The summed E-state index contributed by atoms with van der Waals surface area (Å²) in [6, 6.07) is 2.69. The predicted octanol–water partition coefficient (Wildman–Crippen LogP) is 3.43. The Bertz CT molecular complexity index is 578. The molecule has 1 unspecified atom stereocenters. The summed E-state index contributed by atoms with van der Waals surface area (Å²) in [5.74, 6) is 1.50. The Morgan fingerprint density at radius 3 is 3.15 bits per heavy atom. The number of aromatic nitrogens is 2. The quantitative estimate of drug-likeness (QED) is 0.937. The lowest BCUT2D eigenvalue weighted by atomic mass is 9.98. The second-order valence-electron chi connectivity index (χ2n) is 5.57. The first-order chi connectivity index (χ1) is 9.78. The van der Waals surface area contributed by atoms with E-state index in [1.807, 2.05) is 11.4 Å². The van der Waals surface area contributed by atoms with Gasteiger partial charge < -0.3 is 5.73 Å². The minimum Gasteiger partial charge on any atom is -0.383 e. The van der Waals surface area contributed by atoms with E-state index in [1.54, 1.807) is 11.3 Å². The Morgan fingerprint density at radius 2 is 2.30 bits per heavy atom. The Hall–Kier alpha value is -1.20. The van der Waals surface area contributed by atoms with Crippen LogP contribution < -0.4 is 5.73 Å². The van der Waals surface area contributed by atoms with Crippen LogP contribution >= 0.6 is 11.3 Å². The van der Waals surface area contributed by atoms with E-state index in [2.05, 4.69) is 21.8 Å². The van der Waals surface area contributed by atoms with Crippen molar-refractivity contribution >= 4 is 27.4 Å². The molecule has 5 heteroatoms. The molecule has 0 radical (unpaired) electrons. The molecule has 0 saturated carbocycles. The molecule has 2 aromatic rings. The first-order valence-corrected chi connectivity index (χ1v) is 8.39. The van der Waals surface area contributed by atoms with Crippen LogP contribution in [0.15, 0.2) is 11.4 Å². The van der Waals surface area contributed by atoms with Crippen LogP contribution in [-0.4, -0.2) is 27.5 Å². The van der Waals surface area contributed by atoms with Crippen LogP contribution in [0.25, 0.3) is 10.2 Å². The summed E-state index contributed by atoms with van der Waals surface area (Å²) in [5, 5.41) is 3.02. The van der Waals surface area contributed by atoms with Crippen LogP contribution in [0.2, 0.25) is 0 Å². The summed E-state index contributed by atoms with van der Waals surface area (Å²) >= 11 is 1.64. The first-order valence-electron chi connectivity index (χ1n) is 7.51. The van der Waals surface area contributed by atoms with Crippen molar-refractivity contribution in [1.82, 2.24) is 14.9 Å². The largest absolute Gasteiger partial charge is 0.383 e. The van der Waals surface area contributed by atoms with Gasteiger partial charge in [0, 0.05) is 6.04 Å². The zero-order valence-electron chi connectivity index (χ0n) is 12.0. The van der Waals surface area contributed by atoms with Crippen molar-refractivity contribution in [2.24, 2.45) is 0 Å². The van der Waals surface area contributed by atoms with Crippen molar-refractivity contribution in [3.05, 3.63) is 17.3 Å². The molecule has 1 saturated heterocycles. The van der Waals surface area contributed by atoms with Crippen molar-refractivity contribution < 1.29 is 0 Å². The first kappa shape index (κ1) is 13.8. The summed E-state index contributed by atoms with van der Waals surface area (Å²) in [6.07, 6.45) is 6.47. The van der Waals surface area contributed by atoms with Crippen LogP contribution in [0.5, 0.6) is 0 Å². The van der Waals surface area contributed by atoms with Crippen LogP contribution in [0, 0.1) is 0 Å². The average molecular weight is 290 g/mol. The molecule has 4 nitrogen and oxygen atoms in total. The van der Waals surface area contributed by atoms with Gasteiger partial charge in [0.1, 0.15) is 16.5 Å². The van der Waals surface area contributed by atoms with Gasteiger partial charge in [0.05, 0.1) is 11.9 Å². The average Bonchev–Trinajstić information content (AvgIpc) is 2.90. The number of hydrogen-bond acceptors (Lipinski definition) is 5. The molecule has 1 fully saturated rings. The van der Waals surface area contributed by atoms with E-state index in [1.165, 1.54) is 32.1 Å². The van der Waals surface area contributed by atoms with Gasteiger partial charge in [-0.05, 0) is 37.3 Å². The highest BCUT2D eigenvalue weighted by atomic mass is 32.1. The number of thiophene rings is 1. The molecule has 1 aliphatic rings. The van der Waals surface area contributed by atoms with Gasteiger partial charge in [-0.1, -0.05) is 19.8 Å². The van der Waals surface area contributed by atoms with Gasteiger partial charge in [0.15, 0.2) is 0 Å². The normalized spacial score (nSPS) is 20.6.